The van der Waals surface area contributed by atoms with E-state index in [1.807, 2.05) is 11.9 Å². The van der Waals surface area contributed by atoms with Crippen LogP contribution in [-0.4, -0.2) is 48.1 Å². The molecule has 1 aromatic rings. The lowest BCUT2D eigenvalue weighted by Crippen LogP contribution is -2.36. The molecule has 20 heavy (non-hydrogen) atoms. The van der Waals surface area contributed by atoms with Crippen molar-refractivity contribution in [1.82, 2.24) is 10.2 Å². The lowest BCUT2D eigenvalue weighted by atomic mass is 10.2. The Morgan fingerprint density at radius 1 is 1.45 bits per heavy atom. The Bertz CT molecular complexity index is 494. The third-order valence-electron chi connectivity index (χ3n) is 3.26. The monoisotopic (exact) mass is 276 g/mol. The standard InChI is InChI=1S/C14H20N4O2/c1-18(11-4-5-11)14(15)17-9-8-16-13(20)10-2-6-12(19)7-3-10/h2-3,6-7,11,19H,4-5,8-9H2,1H3,(H2,15,17)(H,16,20). The zero-order valence-electron chi connectivity index (χ0n) is 11.5. The van der Waals surface area contributed by atoms with Crippen LogP contribution >= 0.6 is 0 Å². The Morgan fingerprint density at radius 3 is 2.70 bits per heavy atom. The smallest absolute Gasteiger partial charge is 0.251 e. The molecule has 1 aliphatic rings. The van der Waals surface area contributed by atoms with Crippen molar-refractivity contribution in [3.8, 4) is 5.75 Å². The fraction of sp³-hybridized carbons (Fsp3) is 0.429. The van der Waals surface area contributed by atoms with Gasteiger partial charge in [0, 0.05) is 25.2 Å². The van der Waals surface area contributed by atoms with Crippen LogP contribution in [0.25, 0.3) is 0 Å². The average molecular weight is 276 g/mol. The Morgan fingerprint density at radius 2 is 2.10 bits per heavy atom. The lowest BCUT2D eigenvalue weighted by molar-refractivity contribution is 0.0955. The molecule has 4 N–H and O–H groups in total. The molecule has 1 amide bonds. The van der Waals surface area contributed by atoms with E-state index >= 15 is 0 Å². The molecule has 0 saturated heterocycles. The van der Waals surface area contributed by atoms with E-state index in [4.69, 9.17) is 10.8 Å². The molecular formula is C14H20N4O2. The van der Waals surface area contributed by atoms with Crippen molar-refractivity contribution in [2.75, 3.05) is 20.1 Å². The van der Waals surface area contributed by atoms with Crippen LogP contribution in [0, 0.1) is 0 Å². The van der Waals surface area contributed by atoms with Crippen LogP contribution in [0.2, 0.25) is 0 Å². The third kappa shape index (κ3) is 3.88. The first kappa shape index (κ1) is 14.2. The molecule has 6 nitrogen and oxygen atoms in total. The largest absolute Gasteiger partial charge is 0.508 e. The summed E-state index contributed by atoms with van der Waals surface area (Å²) in [6.45, 7) is 0.881. The average Bonchev–Trinajstić information content (AvgIpc) is 3.27. The van der Waals surface area contributed by atoms with Gasteiger partial charge in [-0.2, -0.15) is 0 Å². The summed E-state index contributed by atoms with van der Waals surface area (Å²) >= 11 is 0. The quantitative estimate of drug-likeness (QED) is 0.416. The van der Waals surface area contributed by atoms with Gasteiger partial charge in [-0.3, -0.25) is 9.79 Å². The fourth-order valence-electron chi connectivity index (χ4n) is 1.82. The van der Waals surface area contributed by atoms with Crippen molar-refractivity contribution < 1.29 is 9.90 Å². The Balaban J connectivity index is 1.73. The molecule has 0 radical (unpaired) electrons. The van der Waals surface area contributed by atoms with Gasteiger partial charge in [-0.1, -0.05) is 0 Å². The van der Waals surface area contributed by atoms with E-state index in [2.05, 4.69) is 10.3 Å². The minimum atomic E-state index is -0.186. The van der Waals surface area contributed by atoms with Gasteiger partial charge in [0.1, 0.15) is 5.75 Å². The Labute approximate surface area is 118 Å². The van der Waals surface area contributed by atoms with Crippen LogP contribution in [0.5, 0.6) is 5.75 Å². The molecule has 6 heteroatoms. The highest BCUT2D eigenvalue weighted by atomic mass is 16.3. The number of benzene rings is 1. The van der Waals surface area contributed by atoms with Gasteiger partial charge in [0.15, 0.2) is 5.96 Å². The number of nitrogens with one attached hydrogen (secondary N) is 1. The van der Waals surface area contributed by atoms with E-state index in [0.29, 0.717) is 30.7 Å². The summed E-state index contributed by atoms with van der Waals surface area (Å²) in [6.07, 6.45) is 2.34. The number of hydrogen-bond acceptors (Lipinski definition) is 3. The van der Waals surface area contributed by atoms with E-state index in [1.54, 1.807) is 12.1 Å². The summed E-state index contributed by atoms with van der Waals surface area (Å²) in [7, 11) is 1.94. The molecular weight excluding hydrogens is 256 g/mol. The highest BCUT2D eigenvalue weighted by Gasteiger charge is 2.27. The summed E-state index contributed by atoms with van der Waals surface area (Å²) in [5.74, 6) is 0.475. The number of nitrogens with two attached hydrogens (primary N) is 1. The molecule has 108 valence electrons. The molecule has 1 aliphatic carbocycles. The normalized spacial score (nSPS) is 14.9. The summed E-state index contributed by atoms with van der Waals surface area (Å²) in [6, 6.07) is 6.64. The molecule has 1 fully saturated rings. The Kier molecular flexibility index (Phi) is 4.45. The summed E-state index contributed by atoms with van der Waals surface area (Å²) < 4.78 is 0. The van der Waals surface area contributed by atoms with E-state index in [0.717, 1.165) is 0 Å². The predicted molar refractivity (Wildman–Crippen MR) is 77.7 cm³/mol. The first-order valence-electron chi connectivity index (χ1n) is 6.68. The second-order valence-corrected chi connectivity index (χ2v) is 4.88. The van der Waals surface area contributed by atoms with Crippen LogP contribution in [-0.2, 0) is 0 Å². The molecule has 0 unspecified atom stereocenters. The maximum Gasteiger partial charge on any atom is 0.251 e. The number of rotatable bonds is 5. The van der Waals surface area contributed by atoms with Gasteiger partial charge >= 0.3 is 0 Å². The van der Waals surface area contributed by atoms with Gasteiger partial charge in [0.25, 0.3) is 5.91 Å². The minimum absolute atomic E-state index is 0.141. The molecule has 0 aromatic heterocycles. The zero-order valence-corrected chi connectivity index (χ0v) is 11.5. The number of aliphatic imine (C=N–C) groups is 1. The van der Waals surface area contributed by atoms with Gasteiger partial charge in [-0.05, 0) is 37.1 Å². The molecule has 0 heterocycles. The predicted octanol–water partition coefficient (Wildman–Crippen LogP) is 0.531. The van der Waals surface area contributed by atoms with Crippen molar-refractivity contribution in [2.24, 2.45) is 10.7 Å². The van der Waals surface area contributed by atoms with Crippen LogP contribution in [0.3, 0.4) is 0 Å². The number of carbonyl (C=O) groups excluding carboxylic acids is 1. The van der Waals surface area contributed by atoms with Gasteiger partial charge in [0.05, 0.1) is 6.54 Å². The van der Waals surface area contributed by atoms with Crippen LogP contribution in [0.4, 0.5) is 0 Å². The zero-order chi connectivity index (χ0) is 14.5. The first-order valence-corrected chi connectivity index (χ1v) is 6.68. The maximum absolute atomic E-state index is 11.8. The van der Waals surface area contributed by atoms with E-state index in [9.17, 15) is 4.79 Å². The number of aromatic hydroxyl groups is 1. The van der Waals surface area contributed by atoms with E-state index < -0.39 is 0 Å². The van der Waals surface area contributed by atoms with Gasteiger partial charge in [-0.25, -0.2) is 0 Å². The molecule has 1 saturated carbocycles. The van der Waals surface area contributed by atoms with Crippen molar-refractivity contribution in [1.29, 1.82) is 0 Å². The SMILES string of the molecule is CN(C(N)=NCCNC(=O)c1ccc(O)cc1)C1CC1. The topological polar surface area (TPSA) is 91.0 Å². The van der Waals surface area contributed by atoms with Crippen molar-refractivity contribution in [3.05, 3.63) is 29.8 Å². The highest BCUT2D eigenvalue weighted by Crippen LogP contribution is 2.24. The van der Waals surface area contributed by atoms with E-state index in [1.165, 1.54) is 25.0 Å². The van der Waals surface area contributed by atoms with Crippen molar-refractivity contribution >= 4 is 11.9 Å². The van der Waals surface area contributed by atoms with Crippen LogP contribution in [0.1, 0.15) is 23.2 Å². The van der Waals surface area contributed by atoms with Crippen molar-refractivity contribution in [3.63, 3.8) is 0 Å². The number of guanidine groups is 1. The lowest BCUT2D eigenvalue weighted by Gasteiger charge is -2.16. The van der Waals surface area contributed by atoms with Gasteiger partial charge in [-0.15, -0.1) is 0 Å². The number of phenols is 1. The van der Waals surface area contributed by atoms with E-state index in [-0.39, 0.29) is 11.7 Å². The number of amides is 1. The third-order valence-corrected chi connectivity index (χ3v) is 3.26. The van der Waals surface area contributed by atoms with Gasteiger partial charge in [0.2, 0.25) is 0 Å². The molecule has 0 aliphatic heterocycles. The minimum Gasteiger partial charge on any atom is -0.508 e. The molecule has 1 aromatic carbocycles. The molecule has 0 bridgehead atoms. The molecule has 2 rings (SSSR count). The summed E-state index contributed by atoms with van der Waals surface area (Å²) in [5.41, 5.74) is 6.35. The highest BCUT2D eigenvalue weighted by molar-refractivity contribution is 5.94. The van der Waals surface area contributed by atoms with Gasteiger partial charge < -0.3 is 21.1 Å². The number of carbonyl (C=O) groups is 1. The number of nitrogens with zero attached hydrogens (tertiary/aromatic N) is 2. The summed E-state index contributed by atoms with van der Waals surface area (Å²) in [5, 5.41) is 11.9. The van der Waals surface area contributed by atoms with Crippen molar-refractivity contribution in [2.45, 2.75) is 18.9 Å². The Hall–Kier alpha value is -2.24. The molecule has 0 atom stereocenters. The number of hydrogen-bond donors (Lipinski definition) is 3. The maximum atomic E-state index is 11.8. The van der Waals surface area contributed by atoms with Crippen LogP contribution < -0.4 is 11.1 Å². The fourth-order valence-corrected chi connectivity index (χ4v) is 1.82. The second-order valence-electron chi connectivity index (χ2n) is 4.88. The molecule has 0 spiro atoms. The second kappa shape index (κ2) is 6.27. The summed E-state index contributed by atoms with van der Waals surface area (Å²) in [4.78, 5) is 18.0. The number of phenolic OH excluding ortho intramolecular Hbond substituents is 1. The first-order chi connectivity index (χ1) is 9.58. The van der Waals surface area contributed by atoms with Crippen LogP contribution in [0.15, 0.2) is 29.3 Å².